The van der Waals surface area contributed by atoms with Crippen molar-refractivity contribution >= 4 is 23.5 Å². The number of ether oxygens (including phenoxy) is 3. The molecule has 1 N–H and O–H groups in total. The Hall–Kier alpha value is -2.77. The molecular weight excluding hydrogens is 388 g/mol. The highest BCUT2D eigenvalue weighted by Crippen LogP contribution is 2.30. The van der Waals surface area contributed by atoms with E-state index in [2.05, 4.69) is 5.32 Å². The molecule has 30 heavy (non-hydrogen) atoms. The maximum Gasteiger partial charge on any atom is 0.309 e. The van der Waals surface area contributed by atoms with Crippen LogP contribution < -0.4 is 14.8 Å². The molecule has 0 spiro atoms. The molecule has 0 unspecified atom stereocenters. The molecular formula is C22H32N2O6. The van der Waals surface area contributed by atoms with E-state index in [4.69, 9.17) is 14.2 Å². The molecule has 0 bridgehead atoms. The number of anilines is 1. The van der Waals surface area contributed by atoms with Crippen LogP contribution in [0.1, 0.15) is 40.5 Å². The molecule has 0 saturated carbocycles. The monoisotopic (exact) mass is 420 g/mol. The van der Waals surface area contributed by atoms with Gasteiger partial charge in [0.2, 0.25) is 5.91 Å². The molecule has 166 valence electrons. The van der Waals surface area contributed by atoms with Crippen LogP contribution in [0.25, 0.3) is 0 Å². The van der Waals surface area contributed by atoms with Gasteiger partial charge in [0.1, 0.15) is 0 Å². The number of carbonyl (C=O) groups excluding carboxylic acids is 3. The summed E-state index contributed by atoms with van der Waals surface area (Å²) in [5.74, 6) is -0.0474. The molecule has 2 amide bonds. The topological polar surface area (TPSA) is 94.2 Å². The average Bonchev–Trinajstić information content (AvgIpc) is 2.72. The summed E-state index contributed by atoms with van der Waals surface area (Å²) in [5.41, 5.74) is 0.0685. The van der Waals surface area contributed by atoms with Gasteiger partial charge >= 0.3 is 5.97 Å². The minimum absolute atomic E-state index is 0.0805. The van der Waals surface area contributed by atoms with Crippen molar-refractivity contribution in [3.8, 4) is 11.5 Å². The Kier molecular flexibility index (Phi) is 7.70. The molecule has 1 aliphatic rings. The summed E-state index contributed by atoms with van der Waals surface area (Å²) < 4.78 is 15.8. The first kappa shape index (κ1) is 23.5. The van der Waals surface area contributed by atoms with E-state index in [1.54, 1.807) is 23.1 Å². The maximum atomic E-state index is 12.5. The lowest BCUT2D eigenvalue weighted by atomic mass is 9.91. The molecule has 1 fully saturated rings. The second kappa shape index (κ2) is 9.82. The zero-order valence-corrected chi connectivity index (χ0v) is 18.6. The van der Waals surface area contributed by atoms with Crippen molar-refractivity contribution < 1.29 is 28.6 Å². The molecule has 0 radical (unpaired) electrons. The minimum Gasteiger partial charge on any atom is -0.493 e. The van der Waals surface area contributed by atoms with Crippen LogP contribution in [0.3, 0.4) is 0 Å². The first-order chi connectivity index (χ1) is 14.1. The van der Waals surface area contributed by atoms with Crippen molar-refractivity contribution in [3.05, 3.63) is 18.2 Å². The molecule has 2 rings (SSSR count). The lowest BCUT2D eigenvalue weighted by Gasteiger charge is -2.35. The van der Waals surface area contributed by atoms with Crippen LogP contribution in [-0.2, 0) is 19.1 Å². The third-order valence-corrected chi connectivity index (χ3v) is 5.07. The Bertz CT molecular complexity index is 778. The van der Waals surface area contributed by atoms with Gasteiger partial charge in [-0.15, -0.1) is 0 Å². The highest BCUT2D eigenvalue weighted by atomic mass is 16.5. The van der Waals surface area contributed by atoms with Gasteiger partial charge in [-0.1, -0.05) is 20.8 Å². The van der Waals surface area contributed by atoms with Crippen molar-refractivity contribution in [1.29, 1.82) is 0 Å². The smallest absolute Gasteiger partial charge is 0.309 e. The van der Waals surface area contributed by atoms with Gasteiger partial charge in [-0.05, 0) is 31.9 Å². The predicted octanol–water partition coefficient (Wildman–Crippen LogP) is 2.86. The van der Waals surface area contributed by atoms with Gasteiger partial charge in [0.25, 0.3) is 5.91 Å². The zero-order valence-electron chi connectivity index (χ0n) is 18.6. The van der Waals surface area contributed by atoms with E-state index >= 15 is 0 Å². The van der Waals surface area contributed by atoms with Crippen molar-refractivity contribution in [2.75, 3.05) is 32.6 Å². The number of hydrogen-bond donors (Lipinski definition) is 1. The molecule has 1 heterocycles. The standard InChI is InChI=1S/C22H32N2O6/c1-14(19(25)23-16-7-8-17(28-5)18(13-16)29-6)30-20(26)15-9-11-24(12-10-15)21(27)22(2,3)4/h7-8,13-15H,9-12H2,1-6H3,(H,23,25)/t14-/m0/s1. The van der Waals surface area contributed by atoms with Crippen molar-refractivity contribution in [3.63, 3.8) is 0 Å². The maximum absolute atomic E-state index is 12.5. The molecule has 1 saturated heterocycles. The second-order valence-electron chi connectivity index (χ2n) is 8.45. The Morgan fingerprint density at radius 1 is 1.07 bits per heavy atom. The van der Waals surface area contributed by atoms with Crippen LogP contribution in [0.2, 0.25) is 0 Å². The number of rotatable bonds is 6. The fourth-order valence-corrected chi connectivity index (χ4v) is 3.27. The molecule has 8 heteroatoms. The van der Waals surface area contributed by atoms with E-state index in [0.29, 0.717) is 43.1 Å². The first-order valence-electron chi connectivity index (χ1n) is 10.1. The van der Waals surface area contributed by atoms with Gasteiger partial charge in [-0.3, -0.25) is 14.4 Å². The molecule has 1 aromatic carbocycles. The molecule has 8 nitrogen and oxygen atoms in total. The third-order valence-electron chi connectivity index (χ3n) is 5.07. The summed E-state index contributed by atoms with van der Waals surface area (Å²) >= 11 is 0. The van der Waals surface area contributed by atoms with Crippen LogP contribution >= 0.6 is 0 Å². The SMILES string of the molecule is COc1ccc(NC(=O)[C@H](C)OC(=O)C2CCN(C(=O)C(C)(C)C)CC2)cc1OC. The summed E-state index contributed by atoms with van der Waals surface area (Å²) in [4.78, 5) is 39.1. The highest BCUT2D eigenvalue weighted by molar-refractivity contribution is 5.95. The normalized spacial score (nSPS) is 15.9. The molecule has 1 aromatic rings. The van der Waals surface area contributed by atoms with Gasteiger partial charge in [0.05, 0.1) is 20.1 Å². The summed E-state index contributed by atoms with van der Waals surface area (Å²) in [6.07, 6.45) is 0.120. The number of amides is 2. The van der Waals surface area contributed by atoms with Crippen molar-refractivity contribution in [2.45, 2.75) is 46.6 Å². The van der Waals surface area contributed by atoms with Gasteiger partial charge in [-0.25, -0.2) is 0 Å². The number of esters is 1. The van der Waals surface area contributed by atoms with Crippen LogP contribution in [0.15, 0.2) is 18.2 Å². The Morgan fingerprint density at radius 3 is 2.20 bits per heavy atom. The van der Waals surface area contributed by atoms with Gasteiger partial charge in [0, 0.05) is 30.3 Å². The predicted molar refractivity (Wildman–Crippen MR) is 112 cm³/mol. The van der Waals surface area contributed by atoms with E-state index in [1.807, 2.05) is 20.8 Å². The fourth-order valence-electron chi connectivity index (χ4n) is 3.27. The number of likely N-dealkylation sites (tertiary alicyclic amines) is 1. The Labute approximate surface area is 177 Å². The fraction of sp³-hybridized carbons (Fsp3) is 0.591. The summed E-state index contributed by atoms with van der Waals surface area (Å²) in [5, 5.41) is 2.71. The quantitative estimate of drug-likeness (QED) is 0.711. The largest absolute Gasteiger partial charge is 0.493 e. The van der Waals surface area contributed by atoms with E-state index in [0.717, 1.165) is 0 Å². The first-order valence-corrected chi connectivity index (χ1v) is 10.1. The molecule has 0 aliphatic carbocycles. The summed E-state index contributed by atoms with van der Waals surface area (Å²) in [6, 6.07) is 4.99. The lowest BCUT2D eigenvalue weighted by Crippen LogP contribution is -2.45. The van der Waals surface area contributed by atoms with E-state index < -0.39 is 23.4 Å². The van der Waals surface area contributed by atoms with E-state index in [9.17, 15) is 14.4 Å². The van der Waals surface area contributed by atoms with Crippen LogP contribution in [-0.4, -0.2) is 56.1 Å². The number of nitrogens with zero attached hydrogens (tertiary/aromatic N) is 1. The second-order valence-corrected chi connectivity index (χ2v) is 8.45. The third kappa shape index (κ3) is 5.87. The Morgan fingerprint density at radius 2 is 1.67 bits per heavy atom. The summed E-state index contributed by atoms with van der Waals surface area (Å²) in [7, 11) is 3.04. The number of benzene rings is 1. The van der Waals surface area contributed by atoms with Crippen LogP contribution in [0.4, 0.5) is 5.69 Å². The minimum atomic E-state index is -0.945. The van der Waals surface area contributed by atoms with E-state index in [-0.39, 0.29) is 11.8 Å². The zero-order chi connectivity index (χ0) is 22.5. The van der Waals surface area contributed by atoms with Crippen LogP contribution in [0, 0.1) is 11.3 Å². The number of piperidine rings is 1. The molecule has 1 atom stereocenters. The van der Waals surface area contributed by atoms with Crippen molar-refractivity contribution in [2.24, 2.45) is 11.3 Å². The number of carbonyl (C=O) groups is 3. The number of methoxy groups -OCH3 is 2. The molecule has 1 aliphatic heterocycles. The van der Waals surface area contributed by atoms with Crippen LogP contribution in [0.5, 0.6) is 11.5 Å². The number of hydrogen-bond acceptors (Lipinski definition) is 6. The van der Waals surface area contributed by atoms with Gasteiger partial charge < -0.3 is 24.4 Å². The Balaban J connectivity index is 1.87. The molecule has 0 aromatic heterocycles. The van der Waals surface area contributed by atoms with Crippen molar-refractivity contribution in [1.82, 2.24) is 4.90 Å². The average molecular weight is 421 g/mol. The summed E-state index contributed by atoms with van der Waals surface area (Å²) in [6.45, 7) is 8.22. The van der Waals surface area contributed by atoms with Gasteiger partial charge in [0.15, 0.2) is 17.6 Å². The van der Waals surface area contributed by atoms with E-state index in [1.165, 1.54) is 21.1 Å². The lowest BCUT2D eigenvalue weighted by molar-refractivity contribution is -0.160. The highest BCUT2D eigenvalue weighted by Gasteiger charge is 2.34. The van der Waals surface area contributed by atoms with Gasteiger partial charge in [-0.2, -0.15) is 0 Å². The number of nitrogens with one attached hydrogen (secondary N) is 1.